The summed E-state index contributed by atoms with van der Waals surface area (Å²) in [6.45, 7) is 7.31. The lowest BCUT2D eigenvalue weighted by molar-refractivity contribution is 0.232. The lowest BCUT2D eigenvalue weighted by Crippen LogP contribution is -2.12. The maximum atomic E-state index is 6.08. The van der Waals surface area contributed by atoms with Crippen molar-refractivity contribution in [3.05, 3.63) is 41.2 Å². The van der Waals surface area contributed by atoms with Crippen LogP contribution in [0, 0.1) is 0 Å². The van der Waals surface area contributed by atoms with E-state index in [4.69, 9.17) is 21.2 Å². The molecule has 2 aromatic heterocycles. The van der Waals surface area contributed by atoms with Crippen LogP contribution in [0.15, 0.2) is 24.3 Å². The molecule has 144 valence electrons. The van der Waals surface area contributed by atoms with Crippen LogP contribution in [0.5, 0.6) is 5.88 Å². The quantitative estimate of drug-likeness (QED) is 0.633. The van der Waals surface area contributed by atoms with E-state index in [9.17, 15) is 0 Å². The molecule has 0 unspecified atom stereocenters. The van der Waals surface area contributed by atoms with E-state index >= 15 is 0 Å². The minimum atomic E-state index is -0.0163. The molecule has 7 heteroatoms. The summed E-state index contributed by atoms with van der Waals surface area (Å²) in [5.74, 6) is 1.78. The number of hydrogen-bond donors (Lipinski definition) is 2. The predicted molar refractivity (Wildman–Crippen MR) is 108 cm³/mol. The molecule has 0 atom stereocenters. The number of aromatic nitrogens is 4. The van der Waals surface area contributed by atoms with Crippen molar-refractivity contribution < 1.29 is 4.74 Å². The second kappa shape index (κ2) is 8.35. The van der Waals surface area contributed by atoms with Gasteiger partial charge in [0.2, 0.25) is 0 Å². The van der Waals surface area contributed by atoms with Crippen LogP contribution in [0.2, 0.25) is 0 Å². The molecule has 0 radical (unpaired) electrons. The number of nitrogen functional groups attached to an aromatic ring is 1. The van der Waals surface area contributed by atoms with E-state index in [1.165, 1.54) is 0 Å². The Morgan fingerprint density at radius 1 is 1.11 bits per heavy atom. The molecule has 0 aliphatic heterocycles. The molecule has 0 fully saturated rings. The van der Waals surface area contributed by atoms with Crippen LogP contribution >= 0.6 is 0 Å². The van der Waals surface area contributed by atoms with Gasteiger partial charge in [0.1, 0.15) is 16.9 Å². The van der Waals surface area contributed by atoms with Gasteiger partial charge < -0.3 is 20.8 Å². The van der Waals surface area contributed by atoms with Gasteiger partial charge in [-0.15, -0.1) is 10.2 Å². The summed E-state index contributed by atoms with van der Waals surface area (Å²) in [7, 11) is 0. The van der Waals surface area contributed by atoms with Crippen LogP contribution in [0.4, 0.5) is 5.82 Å². The number of aryl methyl sites for hydroxylation is 1. The summed E-state index contributed by atoms with van der Waals surface area (Å²) in [6, 6.07) is 8.30. The Labute approximate surface area is 159 Å². The van der Waals surface area contributed by atoms with E-state index in [0.717, 1.165) is 41.7 Å². The van der Waals surface area contributed by atoms with Crippen LogP contribution in [0.3, 0.4) is 0 Å². The molecule has 1 aromatic carbocycles. The average molecular weight is 368 g/mol. The minimum Gasteiger partial charge on any atom is -0.472 e. The van der Waals surface area contributed by atoms with Gasteiger partial charge in [-0.05, 0) is 31.4 Å². The van der Waals surface area contributed by atoms with Crippen LogP contribution in [0.1, 0.15) is 50.6 Å². The lowest BCUT2D eigenvalue weighted by atomic mass is 10.1. The average Bonchev–Trinajstić information content (AvgIpc) is 3.02. The highest BCUT2D eigenvalue weighted by molar-refractivity contribution is 5.88. The number of nitrogens with zero attached hydrogens (tertiary/aromatic N) is 4. The second-order valence-corrected chi connectivity index (χ2v) is 6.99. The zero-order valence-electron chi connectivity index (χ0n) is 16.3. The van der Waals surface area contributed by atoms with Gasteiger partial charge in [-0.25, -0.2) is 4.98 Å². The number of benzene rings is 1. The number of anilines is 1. The fourth-order valence-corrected chi connectivity index (χ4v) is 3.05. The molecule has 0 bridgehead atoms. The Hall–Kier alpha value is -2.67. The highest BCUT2D eigenvalue weighted by Crippen LogP contribution is 2.29. The maximum absolute atomic E-state index is 6.08. The van der Waals surface area contributed by atoms with Gasteiger partial charge >= 0.3 is 0 Å². The summed E-state index contributed by atoms with van der Waals surface area (Å²) >= 11 is 0. The zero-order valence-corrected chi connectivity index (χ0v) is 16.3. The third-order valence-electron chi connectivity index (χ3n) is 4.44. The molecule has 2 heterocycles. The van der Waals surface area contributed by atoms with Crippen molar-refractivity contribution in [2.45, 2.75) is 59.2 Å². The van der Waals surface area contributed by atoms with Gasteiger partial charge in [-0.3, -0.25) is 0 Å². The molecule has 27 heavy (non-hydrogen) atoms. The first-order chi connectivity index (χ1) is 13.0. The fourth-order valence-electron chi connectivity index (χ4n) is 3.05. The molecule has 7 nitrogen and oxygen atoms in total. The second-order valence-electron chi connectivity index (χ2n) is 6.99. The normalized spacial score (nSPS) is 11.4. The van der Waals surface area contributed by atoms with Crippen molar-refractivity contribution in [3.8, 4) is 5.88 Å². The van der Waals surface area contributed by atoms with E-state index < -0.39 is 0 Å². The van der Waals surface area contributed by atoms with E-state index in [0.29, 0.717) is 30.3 Å². The van der Waals surface area contributed by atoms with Crippen molar-refractivity contribution >= 4 is 16.9 Å². The number of rotatable bonds is 8. The number of hydrogen-bond acceptors (Lipinski definition) is 6. The molecular weight excluding hydrogens is 340 g/mol. The first-order valence-electron chi connectivity index (χ1n) is 9.49. The van der Waals surface area contributed by atoms with Crippen LogP contribution < -0.4 is 16.2 Å². The molecule has 0 aliphatic rings. The predicted octanol–water partition coefficient (Wildman–Crippen LogP) is 3.05. The van der Waals surface area contributed by atoms with E-state index in [-0.39, 0.29) is 6.10 Å². The Morgan fingerprint density at radius 3 is 2.44 bits per heavy atom. The Morgan fingerprint density at radius 2 is 1.81 bits per heavy atom. The number of unbranched alkanes of at least 4 members (excludes halogenated alkanes) is 1. The Kier molecular flexibility index (Phi) is 5.91. The summed E-state index contributed by atoms with van der Waals surface area (Å²) in [5.41, 5.74) is 15.5. The van der Waals surface area contributed by atoms with E-state index in [1.807, 2.05) is 13.8 Å². The van der Waals surface area contributed by atoms with Gasteiger partial charge in [0.05, 0.1) is 6.10 Å². The van der Waals surface area contributed by atoms with E-state index in [1.54, 1.807) is 0 Å². The SMILES string of the molecule is CCCCc1nc2c(N)nnc(OC(C)C)c2n1Cc1ccc(CN)cc1. The summed E-state index contributed by atoms with van der Waals surface area (Å²) < 4.78 is 8.07. The molecule has 0 amide bonds. The van der Waals surface area contributed by atoms with Gasteiger partial charge in [0.15, 0.2) is 5.82 Å². The molecule has 4 N–H and O–H groups in total. The third-order valence-corrected chi connectivity index (χ3v) is 4.44. The topological polar surface area (TPSA) is 105 Å². The van der Waals surface area contributed by atoms with Crippen molar-refractivity contribution in [2.75, 3.05) is 5.73 Å². The molecule has 0 saturated carbocycles. The Bertz CT molecular complexity index is 901. The van der Waals surface area contributed by atoms with Crippen molar-refractivity contribution in [2.24, 2.45) is 5.73 Å². The number of ether oxygens (including phenoxy) is 1. The number of fused-ring (bicyclic) bond motifs is 1. The van der Waals surface area contributed by atoms with Crippen molar-refractivity contribution in [3.63, 3.8) is 0 Å². The third kappa shape index (κ3) is 4.19. The smallest absolute Gasteiger partial charge is 0.260 e. The van der Waals surface area contributed by atoms with Crippen molar-refractivity contribution in [1.29, 1.82) is 0 Å². The molecular formula is C20H28N6O. The lowest BCUT2D eigenvalue weighted by Gasteiger charge is -2.13. The van der Waals surface area contributed by atoms with Gasteiger partial charge in [-0.2, -0.15) is 0 Å². The van der Waals surface area contributed by atoms with Crippen molar-refractivity contribution in [1.82, 2.24) is 19.7 Å². The van der Waals surface area contributed by atoms with Crippen LogP contribution in [-0.4, -0.2) is 25.9 Å². The number of nitrogens with two attached hydrogens (primary N) is 2. The van der Waals surface area contributed by atoms with E-state index in [2.05, 4.69) is 46.0 Å². The summed E-state index contributed by atoms with van der Waals surface area (Å²) in [6.07, 6.45) is 3.00. The molecule has 3 aromatic rings. The first-order valence-corrected chi connectivity index (χ1v) is 9.49. The standard InChI is InChI=1S/C20H28N6O/c1-4-5-6-16-23-17-18(20(27-13(2)3)25-24-19(17)22)26(16)12-15-9-7-14(11-21)8-10-15/h7-10,13H,4-6,11-12,21H2,1-3H3,(H2,22,24). The largest absolute Gasteiger partial charge is 0.472 e. The maximum Gasteiger partial charge on any atom is 0.260 e. The van der Waals surface area contributed by atoms with Crippen LogP contribution in [0.25, 0.3) is 11.0 Å². The molecule has 0 saturated heterocycles. The van der Waals surface area contributed by atoms with Crippen LogP contribution in [-0.2, 0) is 19.5 Å². The monoisotopic (exact) mass is 368 g/mol. The van der Waals surface area contributed by atoms with Gasteiger partial charge in [0, 0.05) is 19.5 Å². The first kappa shape index (κ1) is 19.1. The number of imidazole rings is 1. The fraction of sp³-hybridized carbons (Fsp3) is 0.450. The highest BCUT2D eigenvalue weighted by atomic mass is 16.5. The molecule has 0 aliphatic carbocycles. The van der Waals surface area contributed by atoms with Gasteiger partial charge in [-0.1, -0.05) is 37.6 Å². The highest BCUT2D eigenvalue weighted by Gasteiger charge is 2.20. The Balaban J connectivity index is 2.11. The molecule has 3 rings (SSSR count). The summed E-state index contributed by atoms with van der Waals surface area (Å²) in [5, 5.41) is 8.23. The van der Waals surface area contributed by atoms with Gasteiger partial charge in [0.25, 0.3) is 5.88 Å². The molecule has 0 spiro atoms. The minimum absolute atomic E-state index is 0.0163. The zero-order chi connectivity index (χ0) is 19.4. The summed E-state index contributed by atoms with van der Waals surface area (Å²) in [4.78, 5) is 4.78.